The van der Waals surface area contributed by atoms with Gasteiger partial charge in [-0.2, -0.15) is 5.10 Å². The Labute approximate surface area is 190 Å². The molecule has 3 N–H and O–H groups in total. The topological polar surface area (TPSA) is 72.0 Å². The first-order valence-electron chi connectivity index (χ1n) is 10.2. The third-order valence-corrected chi connectivity index (χ3v) is 6.92. The predicted octanol–water partition coefficient (Wildman–Crippen LogP) is 3.63. The quantitative estimate of drug-likeness (QED) is 0.655. The Hall–Kier alpha value is -2.68. The van der Waals surface area contributed by atoms with Gasteiger partial charge in [-0.05, 0) is 36.6 Å². The molecule has 0 spiro atoms. The van der Waals surface area contributed by atoms with Crippen LogP contribution in [0.4, 0.5) is 5.69 Å². The Morgan fingerprint density at radius 3 is 2.90 bits per heavy atom. The van der Waals surface area contributed by atoms with Crippen molar-refractivity contribution in [3.8, 4) is 0 Å². The number of rotatable bonds is 4. The lowest BCUT2D eigenvalue weighted by Crippen LogP contribution is -2.54. The fraction of sp³-hybridized carbons (Fsp3) is 0.273. The van der Waals surface area contributed by atoms with Crippen LogP contribution >= 0.6 is 23.4 Å². The number of hydrazone groups is 1. The second-order valence-corrected chi connectivity index (χ2v) is 9.15. The van der Waals surface area contributed by atoms with Crippen LogP contribution in [0.1, 0.15) is 23.6 Å². The summed E-state index contributed by atoms with van der Waals surface area (Å²) in [5.74, 6) is 0.136. The molecule has 3 unspecified atom stereocenters. The summed E-state index contributed by atoms with van der Waals surface area (Å²) in [4.78, 5) is 14.5. The molecular weight excluding hydrogens is 432 g/mol. The zero-order valence-electron chi connectivity index (χ0n) is 17.0. The smallest absolute Gasteiger partial charge is 0.234 e. The fourth-order valence-corrected chi connectivity index (χ4v) is 5.15. The average Bonchev–Trinajstić information content (AvgIpc) is 3.39. The van der Waals surface area contributed by atoms with Gasteiger partial charge in [0.15, 0.2) is 5.17 Å². The lowest BCUT2D eigenvalue weighted by molar-refractivity contribution is -0.113. The lowest BCUT2D eigenvalue weighted by atomic mass is 10.00. The molecule has 1 fully saturated rings. The number of carbonyl (C=O) groups excluding carboxylic acids is 1. The van der Waals surface area contributed by atoms with Crippen LogP contribution in [0.5, 0.6) is 0 Å². The van der Waals surface area contributed by atoms with Crippen LogP contribution in [0.25, 0.3) is 0 Å². The van der Waals surface area contributed by atoms with E-state index in [1.165, 1.54) is 17.3 Å². The van der Waals surface area contributed by atoms with Gasteiger partial charge in [-0.25, -0.2) is 5.43 Å². The van der Waals surface area contributed by atoms with Gasteiger partial charge in [0, 0.05) is 12.4 Å². The van der Waals surface area contributed by atoms with Crippen LogP contribution < -0.4 is 16.2 Å². The maximum Gasteiger partial charge on any atom is 0.234 e. The van der Waals surface area contributed by atoms with E-state index in [-0.39, 0.29) is 29.9 Å². The molecule has 1 saturated heterocycles. The molecule has 1 amide bonds. The molecule has 9 heteroatoms. The monoisotopic (exact) mass is 454 g/mol. The van der Waals surface area contributed by atoms with E-state index in [1.807, 2.05) is 43.6 Å². The van der Waals surface area contributed by atoms with Gasteiger partial charge in [0.1, 0.15) is 6.17 Å². The number of nitrogens with zero attached hydrogens (tertiary/aromatic N) is 3. The van der Waals surface area contributed by atoms with Gasteiger partial charge in [0.2, 0.25) is 5.91 Å². The van der Waals surface area contributed by atoms with Gasteiger partial charge in [-0.15, -0.1) is 0 Å². The number of amidine groups is 1. The van der Waals surface area contributed by atoms with Crippen LogP contribution in [0.15, 0.2) is 66.0 Å². The molecular formula is C22H23ClN6OS. The molecule has 160 valence electrons. The Bertz CT molecular complexity index is 1050. The molecule has 3 aliphatic rings. The molecule has 31 heavy (non-hydrogen) atoms. The van der Waals surface area contributed by atoms with Gasteiger partial charge < -0.3 is 15.2 Å². The van der Waals surface area contributed by atoms with Gasteiger partial charge >= 0.3 is 0 Å². The van der Waals surface area contributed by atoms with Crippen molar-refractivity contribution in [2.24, 2.45) is 5.10 Å². The summed E-state index contributed by atoms with van der Waals surface area (Å²) < 4.78 is 0. The maximum absolute atomic E-state index is 12.4. The highest BCUT2D eigenvalue weighted by Crippen LogP contribution is 2.35. The molecule has 0 aliphatic carbocycles. The molecule has 2 aromatic rings. The summed E-state index contributed by atoms with van der Waals surface area (Å²) in [7, 11) is 0. The van der Waals surface area contributed by atoms with E-state index in [0.717, 1.165) is 17.2 Å². The van der Waals surface area contributed by atoms with Crippen molar-refractivity contribution < 1.29 is 4.79 Å². The summed E-state index contributed by atoms with van der Waals surface area (Å²) in [6.07, 6.45) is 5.03. The van der Waals surface area contributed by atoms with Crippen molar-refractivity contribution in [3.05, 3.63) is 77.1 Å². The van der Waals surface area contributed by atoms with Crippen LogP contribution in [-0.2, 0) is 4.79 Å². The minimum absolute atomic E-state index is 0.0308. The molecule has 0 radical (unpaired) electrons. The second-order valence-electron chi connectivity index (χ2n) is 7.80. The third kappa shape index (κ3) is 4.11. The van der Waals surface area contributed by atoms with Crippen molar-refractivity contribution in [1.29, 1.82) is 0 Å². The van der Waals surface area contributed by atoms with E-state index in [2.05, 4.69) is 55.4 Å². The predicted molar refractivity (Wildman–Crippen MR) is 125 cm³/mol. The molecule has 3 atom stereocenters. The first-order chi connectivity index (χ1) is 15.1. The number of hydrazine groups is 1. The molecule has 3 aliphatic heterocycles. The highest BCUT2D eigenvalue weighted by Gasteiger charge is 2.44. The first kappa shape index (κ1) is 20.2. The third-order valence-electron chi connectivity index (χ3n) is 5.64. The largest absolute Gasteiger partial charge is 0.324 e. The van der Waals surface area contributed by atoms with Crippen LogP contribution in [-0.4, -0.2) is 38.9 Å². The molecule has 2 aromatic carbocycles. The Morgan fingerprint density at radius 1 is 1.26 bits per heavy atom. The summed E-state index contributed by atoms with van der Waals surface area (Å²) in [5.41, 5.74) is 9.77. The van der Waals surface area contributed by atoms with Crippen molar-refractivity contribution in [2.75, 3.05) is 11.1 Å². The summed E-state index contributed by atoms with van der Waals surface area (Å²) >= 11 is 7.62. The summed E-state index contributed by atoms with van der Waals surface area (Å²) in [6.45, 7) is 1.96. The van der Waals surface area contributed by atoms with E-state index >= 15 is 0 Å². The molecule has 0 bridgehead atoms. The van der Waals surface area contributed by atoms with E-state index in [1.54, 1.807) is 0 Å². The van der Waals surface area contributed by atoms with Crippen LogP contribution in [0, 0.1) is 6.92 Å². The number of carbonyl (C=O) groups is 1. The number of anilines is 1. The molecule has 0 saturated carbocycles. The van der Waals surface area contributed by atoms with E-state index in [9.17, 15) is 4.79 Å². The number of fused-ring (bicyclic) bond motifs is 3. The fourth-order valence-electron chi connectivity index (χ4n) is 4.09. The van der Waals surface area contributed by atoms with Crippen molar-refractivity contribution in [1.82, 2.24) is 20.8 Å². The minimum atomic E-state index is -0.115. The van der Waals surface area contributed by atoms with Crippen molar-refractivity contribution >= 4 is 40.1 Å². The Morgan fingerprint density at radius 2 is 2.10 bits per heavy atom. The van der Waals surface area contributed by atoms with Gasteiger partial charge in [0.25, 0.3) is 0 Å². The van der Waals surface area contributed by atoms with Gasteiger partial charge in [-0.3, -0.25) is 10.2 Å². The van der Waals surface area contributed by atoms with Gasteiger partial charge in [0.05, 0.1) is 28.5 Å². The standard InChI is InChI=1S/C22H23ClN6OS/c1-14-7-8-17(16(23)11-14)24-20(30)13-31-22-26-25-21-19-12-18(15-5-3-2-4-6-15)27-29(19)10-9-28(21)22/h2-11,18-19,21,25,27H,12-13H2,1H3,(H,24,30). The van der Waals surface area contributed by atoms with Crippen LogP contribution in [0.2, 0.25) is 5.02 Å². The molecule has 3 heterocycles. The number of benzene rings is 2. The SMILES string of the molecule is Cc1ccc(NC(=O)CSC2=NNC3C4CC(c5ccccc5)NN4C=CN23)c(Cl)c1. The number of nitrogens with one attached hydrogen (secondary N) is 3. The van der Waals surface area contributed by atoms with E-state index < -0.39 is 0 Å². The first-order valence-corrected chi connectivity index (χ1v) is 11.5. The minimum Gasteiger partial charge on any atom is -0.324 e. The highest BCUT2D eigenvalue weighted by atomic mass is 35.5. The lowest BCUT2D eigenvalue weighted by Gasteiger charge is -2.36. The normalized spacial score (nSPS) is 23.8. The number of aryl methyl sites for hydroxylation is 1. The number of amides is 1. The number of hydrogen-bond donors (Lipinski definition) is 3. The number of halogens is 1. The van der Waals surface area contributed by atoms with Crippen LogP contribution in [0.3, 0.4) is 0 Å². The molecule has 5 rings (SSSR count). The second kappa shape index (κ2) is 8.45. The zero-order chi connectivity index (χ0) is 21.4. The van der Waals surface area contributed by atoms with E-state index in [0.29, 0.717) is 10.7 Å². The summed E-state index contributed by atoms with van der Waals surface area (Å²) in [6, 6.07) is 16.5. The Kier molecular flexibility index (Phi) is 5.52. The van der Waals surface area contributed by atoms with Crippen molar-refractivity contribution in [3.63, 3.8) is 0 Å². The van der Waals surface area contributed by atoms with Crippen molar-refractivity contribution in [2.45, 2.75) is 31.6 Å². The maximum atomic E-state index is 12.4. The zero-order valence-corrected chi connectivity index (χ0v) is 18.5. The number of hydrogen-bond acceptors (Lipinski definition) is 7. The number of thioether (sulfide) groups is 1. The average molecular weight is 455 g/mol. The highest BCUT2D eigenvalue weighted by molar-refractivity contribution is 8.14. The van der Waals surface area contributed by atoms with Gasteiger partial charge in [-0.1, -0.05) is 59.8 Å². The Balaban J connectivity index is 1.18. The van der Waals surface area contributed by atoms with E-state index in [4.69, 9.17) is 11.6 Å². The molecule has 7 nitrogen and oxygen atoms in total. The summed E-state index contributed by atoms with van der Waals surface area (Å²) in [5, 5.41) is 10.8. The molecule has 0 aromatic heterocycles.